The second-order valence-corrected chi connectivity index (χ2v) is 4.38. The Morgan fingerprint density at radius 3 is 2.37 bits per heavy atom. The number of anilines is 1. The molecule has 2 rings (SSSR count). The van der Waals surface area contributed by atoms with E-state index in [-0.39, 0.29) is 5.56 Å². The lowest BCUT2D eigenvalue weighted by Gasteiger charge is -2.08. The predicted molar refractivity (Wildman–Crippen MR) is 70.2 cm³/mol. The third-order valence-electron chi connectivity index (χ3n) is 2.87. The van der Waals surface area contributed by atoms with Crippen LogP contribution in [0.3, 0.4) is 0 Å². The summed E-state index contributed by atoms with van der Waals surface area (Å²) in [7, 11) is 0. The van der Waals surface area contributed by atoms with E-state index in [2.05, 4.69) is 5.32 Å². The molecule has 2 nitrogen and oxygen atoms in total. The van der Waals surface area contributed by atoms with Crippen LogP contribution in [0.5, 0.6) is 0 Å². The molecule has 1 N–H and O–H groups in total. The highest BCUT2D eigenvalue weighted by Crippen LogP contribution is 2.16. The van der Waals surface area contributed by atoms with Crippen LogP contribution in [0.15, 0.2) is 36.4 Å². The van der Waals surface area contributed by atoms with Crippen molar-refractivity contribution >= 4 is 11.6 Å². The van der Waals surface area contributed by atoms with Gasteiger partial charge in [-0.05, 0) is 49.2 Å². The molecule has 0 radical (unpaired) electrons. The van der Waals surface area contributed by atoms with Crippen molar-refractivity contribution in [2.24, 2.45) is 0 Å². The van der Waals surface area contributed by atoms with Gasteiger partial charge >= 0.3 is 0 Å². The van der Waals surface area contributed by atoms with Gasteiger partial charge < -0.3 is 5.32 Å². The van der Waals surface area contributed by atoms with Crippen molar-refractivity contribution in [2.45, 2.75) is 13.8 Å². The standard InChI is InChI=1S/C15H13F2NO/c1-9-3-5-11(16)7-13(9)15(19)18-12-6-4-10(2)14(17)8-12/h3-8H,1-2H3,(H,18,19). The van der Waals surface area contributed by atoms with Crippen LogP contribution in [0.2, 0.25) is 0 Å². The van der Waals surface area contributed by atoms with Gasteiger partial charge in [0.2, 0.25) is 0 Å². The Morgan fingerprint density at radius 1 is 1.00 bits per heavy atom. The molecule has 0 aliphatic rings. The molecule has 0 spiro atoms. The molecule has 0 saturated carbocycles. The van der Waals surface area contributed by atoms with Crippen LogP contribution in [-0.2, 0) is 0 Å². The summed E-state index contributed by atoms with van der Waals surface area (Å²) in [6.07, 6.45) is 0. The summed E-state index contributed by atoms with van der Waals surface area (Å²) >= 11 is 0. The third kappa shape index (κ3) is 2.96. The SMILES string of the molecule is Cc1ccc(NC(=O)c2cc(F)ccc2C)cc1F. The Labute approximate surface area is 110 Å². The smallest absolute Gasteiger partial charge is 0.256 e. The van der Waals surface area contributed by atoms with E-state index in [0.717, 1.165) is 6.07 Å². The number of rotatable bonds is 2. The molecule has 0 aromatic heterocycles. The van der Waals surface area contributed by atoms with Gasteiger partial charge in [-0.2, -0.15) is 0 Å². The normalized spacial score (nSPS) is 10.3. The fourth-order valence-corrected chi connectivity index (χ4v) is 1.71. The first-order valence-corrected chi connectivity index (χ1v) is 5.81. The maximum Gasteiger partial charge on any atom is 0.256 e. The second-order valence-electron chi connectivity index (χ2n) is 4.38. The molecule has 19 heavy (non-hydrogen) atoms. The minimum absolute atomic E-state index is 0.237. The monoisotopic (exact) mass is 261 g/mol. The number of hydrogen-bond donors (Lipinski definition) is 1. The maximum atomic E-state index is 13.4. The minimum Gasteiger partial charge on any atom is -0.322 e. The highest BCUT2D eigenvalue weighted by molar-refractivity contribution is 6.05. The zero-order valence-corrected chi connectivity index (χ0v) is 10.6. The van der Waals surface area contributed by atoms with Crippen molar-refractivity contribution in [2.75, 3.05) is 5.32 Å². The van der Waals surface area contributed by atoms with Crippen LogP contribution in [0.4, 0.5) is 14.5 Å². The molecule has 0 aliphatic carbocycles. The molecule has 0 aliphatic heterocycles. The average Bonchev–Trinajstić information content (AvgIpc) is 2.36. The summed E-state index contributed by atoms with van der Waals surface area (Å²) in [5.74, 6) is -1.33. The molecule has 98 valence electrons. The van der Waals surface area contributed by atoms with Gasteiger partial charge in [0.1, 0.15) is 11.6 Å². The number of carbonyl (C=O) groups excluding carboxylic acids is 1. The van der Waals surface area contributed by atoms with E-state index >= 15 is 0 Å². The van der Waals surface area contributed by atoms with Crippen LogP contribution in [-0.4, -0.2) is 5.91 Å². The van der Waals surface area contributed by atoms with Crippen molar-refractivity contribution < 1.29 is 13.6 Å². The molecule has 0 bridgehead atoms. The number of amides is 1. The van der Waals surface area contributed by atoms with Crippen molar-refractivity contribution in [3.63, 3.8) is 0 Å². The van der Waals surface area contributed by atoms with Gasteiger partial charge in [0.15, 0.2) is 0 Å². The third-order valence-corrected chi connectivity index (χ3v) is 2.87. The summed E-state index contributed by atoms with van der Waals surface area (Å²) in [6, 6.07) is 8.39. The van der Waals surface area contributed by atoms with Crippen LogP contribution in [0.1, 0.15) is 21.5 Å². The quantitative estimate of drug-likeness (QED) is 0.874. The fourth-order valence-electron chi connectivity index (χ4n) is 1.71. The van der Waals surface area contributed by atoms with E-state index in [1.54, 1.807) is 26.0 Å². The lowest BCUT2D eigenvalue weighted by atomic mass is 10.1. The number of carbonyl (C=O) groups is 1. The number of halogens is 2. The Hall–Kier alpha value is -2.23. The van der Waals surface area contributed by atoms with Crippen molar-refractivity contribution in [1.29, 1.82) is 0 Å². The molecule has 0 atom stereocenters. The lowest BCUT2D eigenvalue weighted by molar-refractivity contribution is 0.102. The Morgan fingerprint density at radius 2 is 1.68 bits per heavy atom. The van der Waals surface area contributed by atoms with E-state index in [4.69, 9.17) is 0 Å². The molecular formula is C15H13F2NO. The van der Waals surface area contributed by atoms with Crippen LogP contribution < -0.4 is 5.32 Å². The molecule has 1 amide bonds. The van der Waals surface area contributed by atoms with E-state index in [1.807, 2.05) is 0 Å². The summed E-state index contributed by atoms with van der Waals surface area (Å²) in [5, 5.41) is 2.55. The van der Waals surface area contributed by atoms with E-state index in [9.17, 15) is 13.6 Å². The second kappa shape index (κ2) is 5.18. The molecule has 0 fully saturated rings. The van der Waals surface area contributed by atoms with Gasteiger partial charge in [-0.25, -0.2) is 8.78 Å². The Bertz CT molecular complexity index is 638. The first kappa shape index (κ1) is 13.2. The first-order chi connectivity index (χ1) is 8.97. The van der Waals surface area contributed by atoms with Gasteiger partial charge in [0, 0.05) is 11.3 Å². The molecule has 0 unspecified atom stereocenters. The number of aryl methyl sites for hydroxylation is 2. The molecular weight excluding hydrogens is 248 g/mol. The zero-order valence-electron chi connectivity index (χ0n) is 10.6. The maximum absolute atomic E-state index is 13.4. The zero-order chi connectivity index (χ0) is 14.0. The summed E-state index contributed by atoms with van der Waals surface area (Å²) in [4.78, 5) is 12.0. The molecule has 0 heterocycles. The molecule has 0 saturated heterocycles. The van der Waals surface area contributed by atoms with Gasteiger partial charge in [-0.15, -0.1) is 0 Å². The van der Waals surface area contributed by atoms with Crippen LogP contribution in [0.25, 0.3) is 0 Å². The summed E-state index contributed by atoms with van der Waals surface area (Å²) < 4.78 is 26.5. The van der Waals surface area contributed by atoms with E-state index in [0.29, 0.717) is 16.8 Å². The highest BCUT2D eigenvalue weighted by Gasteiger charge is 2.11. The van der Waals surface area contributed by atoms with Crippen molar-refractivity contribution in [3.8, 4) is 0 Å². The highest BCUT2D eigenvalue weighted by atomic mass is 19.1. The molecule has 2 aromatic rings. The largest absolute Gasteiger partial charge is 0.322 e. The van der Waals surface area contributed by atoms with Gasteiger partial charge in [0.05, 0.1) is 0 Å². The van der Waals surface area contributed by atoms with Crippen molar-refractivity contribution in [3.05, 3.63) is 64.7 Å². The summed E-state index contributed by atoms with van der Waals surface area (Å²) in [5.41, 5.74) is 1.74. The van der Waals surface area contributed by atoms with Crippen molar-refractivity contribution in [1.82, 2.24) is 0 Å². The number of nitrogens with one attached hydrogen (secondary N) is 1. The van der Waals surface area contributed by atoms with E-state index < -0.39 is 17.5 Å². The van der Waals surface area contributed by atoms with Gasteiger partial charge in [0.25, 0.3) is 5.91 Å². The Balaban J connectivity index is 2.25. The number of benzene rings is 2. The topological polar surface area (TPSA) is 29.1 Å². The minimum atomic E-state index is -0.481. The first-order valence-electron chi connectivity index (χ1n) is 5.81. The van der Waals surface area contributed by atoms with E-state index in [1.165, 1.54) is 18.2 Å². The summed E-state index contributed by atoms with van der Waals surface area (Å²) in [6.45, 7) is 3.35. The lowest BCUT2D eigenvalue weighted by Crippen LogP contribution is -2.13. The molecule has 2 aromatic carbocycles. The predicted octanol–water partition coefficient (Wildman–Crippen LogP) is 3.83. The van der Waals surface area contributed by atoms with Crippen LogP contribution in [0, 0.1) is 25.5 Å². The fraction of sp³-hybridized carbons (Fsp3) is 0.133. The Kier molecular flexibility index (Phi) is 3.60. The number of hydrogen-bond acceptors (Lipinski definition) is 1. The van der Waals surface area contributed by atoms with Gasteiger partial charge in [-0.1, -0.05) is 12.1 Å². The van der Waals surface area contributed by atoms with Crippen LogP contribution >= 0.6 is 0 Å². The average molecular weight is 261 g/mol. The molecule has 4 heteroatoms. The van der Waals surface area contributed by atoms with Gasteiger partial charge in [-0.3, -0.25) is 4.79 Å².